The molecule has 2 rings (SSSR count). The summed E-state index contributed by atoms with van der Waals surface area (Å²) >= 11 is 1.54. The molecule has 0 saturated heterocycles. The third-order valence-electron chi connectivity index (χ3n) is 2.01. The van der Waals surface area contributed by atoms with E-state index in [-0.39, 0.29) is 0 Å². The Morgan fingerprint density at radius 1 is 1.47 bits per heavy atom. The number of nitrogens with one attached hydrogen (secondary N) is 1. The normalized spacial score (nSPS) is 11.5. The highest BCUT2D eigenvalue weighted by molar-refractivity contribution is 7.17. The van der Waals surface area contributed by atoms with Crippen LogP contribution in [0, 0.1) is 0 Å². The lowest BCUT2D eigenvalue weighted by Gasteiger charge is -2.19. The molecule has 2 aromatic heterocycles. The SMILES string of the molecule is CC(C)(C)OC(=O)Nc1csc2cnccc12. The van der Waals surface area contributed by atoms with Crippen LogP contribution >= 0.6 is 11.3 Å². The predicted octanol–water partition coefficient (Wildman–Crippen LogP) is 3.64. The largest absolute Gasteiger partial charge is 0.444 e. The van der Waals surface area contributed by atoms with Crippen LogP contribution in [0.25, 0.3) is 10.1 Å². The first kappa shape index (κ1) is 11.9. The lowest BCUT2D eigenvalue weighted by atomic mass is 10.2. The van der Waals surface area contributed by atoms with E-state index in [1.807, 2.05) is 32.2 Å². The monoisotopic (exact) mass is 250 g/mol. The summed E-state index contributed by atoms with van der Waals surface area (Å²) in [5.74, 6) is 0. The first-order chi connectivity index (χ1) is 7.96. The van der Waals surface area contributed by atoms with Crippen LogP contribution in [-0.2, 0) is 4.74 Å². The van der Waals surface area contributed by atoms with Crippen molar-refractivity contribution in [2.45, 2.75) is 26.4 Å². The van der Waals surface area contributed by atoms with Crippen molar-refractivity contribution in [2.75, 3.05) is 5.32 Å². The number of hydrogen-bond acceptors (Lipinski definition) is 4. The molecule has 0 fully saturated rings. The Bertz CT molecular complexity index is 543. The molecule has 0 saturated carbocycles. The van der Waals surface area contributed by atoms with E-state index in [2.05, 4.69) is 10.3 Å². The number of anilines is 1. The van der Waals surface area contributed by atoms with Gasteiger partial charge < -0.3 is 4.74 Å². The molecule has 2 aromatic rings. The average molecular weight is 250 g/mol. The van der Waals surface area contributed by atoms with Crippen molar-refractivity contribution in [3.8, 4) is 0 Å². The quantitative estimate of drug-likeness (QED) is 0.840. The van der Waals surface area contributed by atoms with Gasteiger partial charge in [0.05, 0.1) is 10.4 Å². The summed E-state index contributed by atoms with van der Waals surface area (Å²) in [6.45, 7) is 5.51. The molecule has 0 radical (unpaired) electrons. The molecule has 0 aliphatic carbocycles. The number of amides is 1. The second-order valence-electron chi connectivity index (χ2n) is 4.65. The van der Waals surface area contributed by atoms with Crippen molar-refractivity contribution in [1.29, 1.82) is 0 Å². The smallest absolute Gasteiger partial charge is 0.412 e. The molecule has 2 heterocycles. The van der Waals surface area contributed by atoms with E-state index >= 15 is 0 Å². The molecular weight excluding hydrogens is 236 g/mol. The fraction of sp³-hybridized carbons (Fsp3) is 0.333. The van der Waals surface area contributed by atoms with Crippen LogP contribution in [0.4, 0.5) is 10.5 Å². The van der Waals surface area contributed by atoms with Gasteiger partial charge in [0.15, 0.2) is 0 Å². The van der Waals surface area contributed by atoms with E-state index in [1.54, 1.807) is 23.7 Å². The van der Waals surface area contributed by atoms with Gasteiger partial charge in [0.2, 0.25) is 0 Å². The van der Waals surface area contributed by atoms with Gasteiger partial charge in [-0.05, 0) is 26.8 Å². The number of carbonyl (C=O) groups is 1. The number of ether oxygens (including phenoxy) is 1. The van der Waals surface area contributed by atoms with Crippen LogP contribution in [0.2, 0.25) is 0 Å². The van der Waals surface area contributed by atoms with Crippen LogP contribution in [0.5, 0.6) is 0 Å². The summed E-state index contributed by atoms with van der Waals surface area (Å²) in [4.78, 5) is 15.7. The molecule has 90 valence electrons. The minimum absolute atomic E-state index is 0.436. The number of thiophene rings is 1. The molecule has 0 unspecified atom stereocenters. The Morgan fingerprint density at radius 3 is 2.94 bits per heavy atom. The third-order valence-corrected chi connectivity index (χ3v) is 2.95. The highest BCUT2D eigenvalue weighted by Gasteiger charge is 2.17. The molecule has 17 heavy (non-hydrogen) atoms. The second kappa shape index (κ2) is 4.33. The molecule has 1 amide bonds. The van der Waals surface area contributed by atoms with Crippen LogP contribution in [0.1, 0.15) is 20.8 Å². The van der Waals surface area contributed by atoms with E-state index in [9.17, 15) is 4.79 Å². The summed E-state index contributed by atoms with van der Waals surface area (Å²) in [6, 6.07) is 1.87. The number of carbonyl (C=O) groups excluding carboxylic acids is 1. The third kappa shape index (κ3) is 2.94. The van der Waals surface area contributed by atoms with Crippen LogP contribution in [0.15, 0.2) is 23.8 Å². The lowest BCUT2D eigenvalue weighted by Crippen LogP contribution is -2.27. The molecule has 0 aromatic carbocycles. The second-order valence-corrected chi connectivity index (χ2v) is 5.56. The standard InChI is InChI=1S/C12H14N2O2S/c1-12(2,3)16-11(15)14-9-7-17-10-6-13-5-4-8(9)10/h4-7H,1-3H3,(H,14,15). The molecule has 0 bridgehead atoms. The zero-order valence-electron chi connectivity index (χ0n) is 9.98. The zero-order chi connectivity index (χ0) is 12.5. The lowest BCUT2D eigenvalue weighted by molar-refractivity contribution is 0.0636. The predicted molar refractivity (Wildman–Crippen MR) is 69.5 cm³/mol. The van der Waals surface area contributed by atoms with Crippen molar-refractivity contribution < 1.29 is 9.53 Å². The van der Waals surface area contributed by atoms with E-state index in [1.165, 1.54) is 0 Å². The van der Waals surface area contributed by atoms with Crippen LogP contribution < -0.4 is 5.32 Å². The minimum Gasteiger partial charge on any atom is -0.444 e. The molecule has 0 spiro atoms. The van der Waals surface area contributed by atoms with Gasteiger partial charge in [-0.25, -0.2) is 4.79 Å². The first-order valence-electron chi connectivity index (χ1n) is 5.27. The van der Waals surface area contributed by atoms with Crippen molar-refractivity contribution in [3.05, 3.63) is 23.8 Å². The number of hydrogen-bond donors (Lipinski definition) is 1. The van der Waals surface area contributed by atoms with E-state index < -0.39 is 11.7 Å². The average Bonchev–Trinajstić information content (AvgIpc) is 2.59. The van der Waals surface area contributed by atoms with Gasteiger partial charge in [0.1, 0.15) is 5.60 Å². The van der Waals surface area contributed by atoms with Gasteiger partial charge in [0.25, 0.3) is 0 Å². The number of rotatable bonds is 1. The summed E-state index contributed by atoms with van der Waals surface area (Å²) in [7, 11) is 0. The Morgan fingerprint density at radius 2 is 2.24 bits per heavy atom. The summed E-state index contributed by atoms with van der Waals surface area (Å²) in [5, 5.41) is 5.61. The molecule has 1 N–H and O–H groups in total. The first-order valence-corrected chi connectivity index (χ1v) is 6.15. The summed E-state index contributed by atoms with van der Waals surface area (Å²) in [5.41, 5.74) is 0.277. The number of fused-ring (bicyclic) bond motifs is 1. The Hall–Kier alpha value is -1.62. The van der Waals surface area contributed by atoms with Crippen LogP contribution in [0.3, 0.4) is 0 Å². The summed E-state index contributed by atoms with van der Waals surface area (Å²) in [6.07, 6.45) is 3.05. The minimum atomic E-state index is -0.489. The zero-order valence-corrected chi connectivity index (χ0v) is 10.8. The maximum Gasteiger partial charge on any atom is 0.412 e. The molecule has 5 heteroatoms. The van der Waals surface area contributed by atoms with E-state index in [4.69, 9.17) is 4.74 Å². The van der Waals surface area contributed by atoms with Crippen molar-refractivity contribution in [3.63, 3.8) is 0 Å². The molecular formula is C12H14N2O2S. The fourth-order valence-electron chi connectivity index (χ4n) is 1.39. The maximum absolute atomic E-state index is 11.6. The van der Waals surface area contributed by atoms with E-state index in [0.29, 0.717) is 0 Å². The summed E-state index contributed by atoms with van der Waals surface area (Å²) < 4.78 is 6.24. The molecule has 4 nitrogen and oxygen atoms in total. The van der Waals surface area contributed by atoms with Gasteiger partial charge in [-0.1, -0.05) is 0 Å². The highest BCUT2D eigenvalue weighted by Crippen LogP contribution is 2.29. The number of pyridine rings is 1. The van der Waals surface area contributed by atoms with Crippen molar-refractivity contribution in [2.24, 2.45) is 0 Å². The molecule has 0 aliphatic heterocycles. The Kier molecular flexibility index (Phi) is 3.02. The van der Waals surface area contributed by atoms with Gasteiger partial charge >= 0.3 is 6.09 Å². The Balaban J connectivity index is 2.16. The van der Waals surface area contributed by atoms with Gasteiger partial charge in [-0.15, -0.1) is 11.3 Å². The van der Waals surface area contributed by atoms with Gasteiger partial charge in [0, 0.05) is 23.2 Å². The van der Waals surface area contributed by atoms with Gasteiger partial charge in [-0.2, -0.15) is 0 Å². The fourth-order valence-corrected chi connectivity index (χ4v) is 2.25. The van der Waals surface area contributed by atoms with Crippen LogP contribution in [-0.4, -0.2) is 16.7 Å². The highest BCUT2D eigenvalue weighted by atomic mass is 32.1. The van der Waals surface area contributed by atoms with Gasteiger partial charge in [-0.3, -0.25) is 10.3 Å². The molecule has 0 aliphatic rings. The number of nitrogens with zero attached hydrogens (tertiary/aromatic N) is 1. The number of aromatic nitrogens is 1. The van der Waals surface area contributed by atoms with Crippen molar-refractivity contribution >= 4 is 33.2 Å². The van der Waals surface area contributed by atoms with Crippen molar-refractivity contribution in [1.82, 2.24) is 4.98 Å². The Labute approximate surface area is 104 Å². The van der Waals surface area contributed by atoms with E-state index in [0.717, 1.165) is 15.8 Å². The molecule has 0 atom stereocenters. The maximum atomic E-state index is 11.6. The topological polar surface area (TPSA) is 51.2 Å².